The maximum absolute atomic E-state index is 12.4. The number of carbonyl (C=O) groups excluding carboxylic acids is 2. The number of ketones is 1. The molecule has 0 spiro atoms. The van der Waals surface area contributed by atoms with E-state index < -0.39 is 5.97 Å². The van der Waals surface area contributed by atoms with E-state index in [4.69, 9.17) is 9.47 Å². The van der Waals surface area contributed by atoms with Crippen molar-refractivity contribution in [2.24, 2.45) is 0 Å². The number of thiazole rings is 1. The van der Waals surface area contributed by atoms with Crippen molar-refractivity contribution < 1.29 is 19.1 Å². The van der Waals surface area contributed by atoms with Gasteiger partial charge in [-0.25, -0.2) is 9.78 Å². The van der Waals surface area contributed by atoms with Gasteiger partial charge in [0.15, 0.2) is 6.61 Å². The lowest BCUT2D eigenvalue weighted by molar-refractivity contribution is 0.0478. The van der Waals surface area contributed by atoms with E-state index in [2.05, 4.69) is 4.98 Å². The molecule has 3 aromatic rings. The normalized spacial score (nSPS) is 10.7. The summed E-state index contributed by atoms with van der Waals surface area (Å²) in [6.07, 6.45) is 0. The highest BCUT2D eigenvalue weighted by molar-refractivity contribution is 7.17. The summed E-state index contributed by atoms with van der Waals surface area (Å²) in [5.74, 6) is 0.0367. The van der Waals surface area contributed by atoms with Crippen LogP contribution in [0.1, 0.15) is 35.5 Å². The van der Waals surface area contributed by atoms with Crippen molar-refractivity contribution in [1.29, 1.82) is 0 Å². The summed E-state index contributed by atoms with van der Waals surface area (Å²) >= 11 is 2.81. The zero-order valence-corrected chi connectivity index (χ0v) is 17.1. The number of hydrogen-bond donors (Lipinski definition) is 0. The Kier molecular flexibility index (Phi) is 5.72. The molecular weight excluding hydrogens is 382 g/mol. The van der Waals surface area contributed by atoms with Crippen LogP contribution in [0.3, 0.4) is 0 Å². The quantitative estimate of drug-likeness (QED) is 0.437. The Morgan fingerprint density at radius 2 is 1.78 bits per heavy atom. The summed E-state index contributed by atoms with van der Waals surface area (Å²) in [5.41, 5.74) is 2.10. The Balaban J connectivity index is 1.70. The van der Waals surface area contributed by atoms with Gasteiger partial charge in [-0.1, -0.05) is 0 Å². The zero-order chi connectivity index (χ0) is 19.6. The molecule has 2 aromatic heterocycles. The van der Waals surface area contributed by atoms with E-state index in [-0.39, 0.29) is 12.4 Å². The number of carbonyl (C=O) groups is 2. The number of Topliss-reactive ketones (excluding diaryl/α,β-unsaturated/α-hetero) is 1. The van der Waals surface area contributed by atoms with Gasteiger partial charge in [0.1, 0.15) is 15.6 Å². The summed E-state index contributed by atoms with van der Waals surface area (Å²) in [6, 6.07) is 9.28. The number of thiophene rings is 1. The molecule has 27 heavy (non-hydrogen) atoms. The van der Waals surface area contributed by atoms with Crippen LogP contribution in [0.5, 0.6) is 5.75 Å². The summed E-state index contributed by atoms with van der Waals surface area (Å²) in [4.78, 5) is 31.6. The Bertz CT molecular complexity index is 986. The lowest BCUT2D eigenvalue weighted by Gasteiger charge is -2.03. The molecule has 0 saturated heterocycles. The minimum absolute atomic E-state index is 0.192. The van der Waals surface area contributed by atoms with Gasteiger partial charge in [-0.2, -0.15) is 0 Å². The summed E-state index contributed by atoms with van der Waals surface area (Å²) < 4.78 is 10.4. The topological polar surface area (TPSA) is 65.5 Å². The summed E-state index contributed by atoms with van der Waals surface area (Å²) in [5, 5.41) is 0.720. The van der Waals surface area contributed by atoms with E-state index in [0.29, 0.717) is 16.1 Å². The fraction of sp³-hybridized carbons (Fsp3) is 0.250. The fourth-order valence-corrected chi connectivity index (χ4v) is 4.53. The van der Waals surface area contributed by atoms with Gasteiger partial charge in [-0.05, 0) is 51.1 Å². The number of esters is 1. The van der Waals surface area contributed by atoms with Crippen LogP contribution in [0.15, 0.2) is 30.3 Å². The molecule has 7 heteroatoms. The van der Waals surface area contributed by atoms with Crippen LogP contribution in [-0.2, 0) is 4.74 Å². The van der Waals surface area contributed by atoms with Crippen molar-refractivity contribution in [3.8, 4) is 16.3 Å². The molecule has 0 aliphatic rings. The predicted molar refractivity (Wildman–Crippen MR) is 107 cm³/mol. The molecule has 140 valence electrons. The number of aryl methyl sites for hydroxylation is 3. The van der Waals surface area contributed by atoms with E-state index in [0.717, 1.165) is 26.1 Å². The third-order valence-corrected chi connectivity index (χ3v) is 6.15. The molecular formula is C20H19NO4S2. The molecule has 1 aromatic carbocycles. The minimum Gasteiger partial charge on any atom is -0.497 e. The second kappa shape index (κ2) is 8.02. The van der Waals surface area contributed by atoms with E-state index in [1.165, 1.54) is 11.3 Å². The molecule has 0 saturated carbocycles. The minimum atomic E-state index is -0.525. The van der Waals surface area contributed by atoms with Crippen LogP contribution >= 0.6 is 22.7 Å². The van der Waals surface area contributed by atoms with E-state index >= 15 is 0 Å². The van der Waals surface area contributed by atoms with Crippen LogP contribution in [0.25, 0.3) is 10.6 Å². The van der Waals surface area contributed by atoms with Crippen LogP contribution in [0, 0.1) is 20.8 Å². The number of rotatable bonds is 6. The van der Waals surface area contributed by atoms with Gasteiger partial charge in [-0.15, -0.1) is 22.7 Å². The van der Waals surface area contributed by atoms with E-state index in [1.807, 2.05) is 44.2 Å². The third kappa shape index (κ3) is 4.26. The van der Waals surface area contributed by atoms with Crippen LogP contribution < -0.4 is 4.74 Å². The highest BCUT2D eigenvalue weighted by atomic mass is 32.1. The van der Waals surface area contributed by atoms with Gasteiger partial charge in [-0.3, -0.25) is 4.79 Å². The molecule has 0 bridgehead atoms. The zero-order valence-electron chi connectivity index (χ0n) is 15.5. The van der Waals surface area contributed by atoms with Crippen molar-refractivity contribution in [3.63, 3.8) is 0 Å². The average Bonchev–Trinajstić information content (AvgIpc) is 3.21. The molecule has 3 rings (SSSR count). The van der Waals surface area contributed by atoms with Gasteiger partial charge >= 0.3 is 5.97 Å². The van der Waals surface area contributed by atoms with Crippen LogP contribution in [0.4, 0.5) is 0 Å². The molecule has 0 amide bonds. The second-order valence-corrected chi connectivity index (χ2v) is 8.45. The van der Waals surface area contributed by atoms with Crippen molar-refractivity contribution in [1.82, 2.24) is 4.98 Å². The van der Waals surface area contributed by atoms with E-state index in [1.54, 1.807) is 25.4 Å². The highest BCUT2D eigenvalue weighted by Crippen LogP contribution is 2.29. The third-order valence-electron chi connectivity index (χ3n) is 3.99. The largest absolute Gasteiger partial charge is 0.497 e. The first-order valence-electron chi connectivity index (χ1n) is 8.28. The summed E-state index contributed by atoms with van der Waals surface area (Å²) in [6.45, 7) is 5.32. The molecule has 0 aliphatic heterocycles. The number of aromatic nitrogens is 1. The Hall–Kier alpha value is -2.51. The van der Waals surface area contributed by atoms with Gasteiger partial charge in [0, 0.05) is 20.9 Å². The molecule has 0 fully saturated rings. The number of hydrogen-bond acceptors (Lipinski definition) is 7. The molecule has 5 nitrogen and oxygen atoms in total. The number of ether oxygens (including phenoxy) is 2. The molecule has 2 heterocycles. The lowest BCUT2D eigenvalue weighted by atomic mass is 10.2. The van der Waals surface area contributed by atoms with Crippen LogP contribution in [0.2, 0.25) is 0 Å². The van der Waals surface area contributed by atoms with Gasteiger partial charge < -0.3 is 9.47 Å². The van der Waals surface area contributed by atoms with Crippen LogP contribution in [-0.4, -0.2) is 30.5 Å². The lowest BCUT2D eigenvalue weighted by Crippen LogP contribution is -2.14. The van der Waals surface area contributed by atoms with Crippen molar-refractivity contribution in [2.75, 3.05) is 13.7 Å². The fourth-order valence-electron chi connectivity index (χ4n) is 2.62. The monoisotopic (exact) mass is 401 g/mol. The maximum atomic E-state index is 12.4. The second-order valence-electron chi connectivity index (χ2n) is 5.99. The average molecular weight is 402 g/mol. The molecule has 0 unspecified atom stereocenters. The molecule has 0 atom stereocenters. The van der Waals surface area contributed by atoms with Gasteiger partial charge in [0.25, 0.3) is 0 Å². The Morgan fingerprint density at radius 1 is 1.07 bits per heavy atom. The maximum Gasteiger partial charge on any atom is 0.350 e. The Morgan fingerprint density at radius 3 is 2.37 bits per heavy atom. The molecule has 0 N–H and O–H groups in total. The molecule has 0 aliphatic carbocycles. The number of methoxy groups -OCH3 is 1. The van der Waals surface area contributed by atoms with Crippen molar-refractivity contribution in [3.05, 3.63) is 56.2 Å². The van der Waals surface area contributed by atoms with Crippen molar-refractivity contribution in [2.45, 2.75) is 20.8 Å². The standard InChI is InChI=1S/C20H19NO4S2/c1-11-9-16(13(3)26-11)17(22)10-25-20(23)18-12(2)21-19(27-18)14-5-7-15(24-4)8-6-14/h5-9H,10H2,1-4H3. The van der Waals surface area contributed by atoms with E-state index in [9.17, 15) is 9.59 Å². The smallest absolute Gasteiger partial charge is 0.350 e. The summed E-state index contributed by atoms with van der Waals surface area (Å²) in [7, 11) is 1.61. The SMILES string of the molecule is COc1ccc(-c2nc(C)c(C(=O)OCC(=O)c3cc(C)sc3C)s2)cc1. The van der Waals surface area contributed by atoms with Crippen molar-refractivity contribution >= 4 is 34.4 Å². The predicted octanol–water partition coefficient (Wildman–Crippen LogP) is 4.85. The van der Waals surface area contributed by atoms with Gasteiger partial charge in [0.05, 0.1) is 12.8 Å². The highest BCUT2D eigenvalue weighted by Gasteiger charge is 2.20. The molecule has 0 radical (unpaired) electrons. The first-order valence-corrected chi connectivity index (χ1v) is 9.91. The first-order chi connectivity index (χ1) is 12.9. The Labute approximate surface area is 165 Å². The number of nitrogens with zero attached hydrogens (tertiary/aromatic N) is 1. The first kappa shape index (κ1) is 19.3. The van der Waals surface area contributed by atoms with Gasteiger partial charge in [0.2, 0.25) is 5.78 Å². The number of benzene rings is 1.